The molecule has 0 aliphatic carbocycles. The van der Waals surface area contributed by atoms with E-state index in [4.69, 9.17) is 6.48 Å². The SMILES string of the molecule is [2H]C1(O)COC1. The quantitative estimate of drug-likeness (QED) is 0.415. The van der Waals surface area contributed by atoms with Crippen molar-refractivity contribution in [2.24, 2.45) is 0 Å². The van der Waals surface area contributed by atoms with Gasteiger partial charge >= 0.3 is 0 Å². The molecule has 1 heterocycles. The summed E-state index contributed by atoms with van der Waals surface area (Å²) in [6.45, 7) is 0.347. The molecule has 0 amide bonds. The Bertz CT molecular complexity index is 55.8. The molecule has 1 saturated heterocycles. The Kier molecular flexibility index (Phi) is 0.411. The molecular weight excluding hydrogens is 68.0 g/mol. The van der Waals surface area contributed by atoms with Gasteiger partial charge in [0.1, 0.15) is 6.08 Å². The first-order valence-electron chi connectivity index (χ1n) is 2.01. The summed E-state index contributed by atoms with van der Waals surface area (Å²) in [6, 6.07) is 0. The average Bonchev–Trinajstić information content (AvgIpc) is 1.32. The Balaban J connectivity index is 2.31. The molecule has 1 N–H and O–H groups in total. The van der Waals surface area contributed by atoms with Crippen LogP contribution in [0.3, 0.4) is 0 Å². The van der Waals surface area contributed by atoms with E-state index in [-0.39, 0.29) is 13.2 Å². The number of ether oxygens (including phenoxy) is 1. The third-order valence-corrected chi connectivity index (χ3v) is 0.537. The van der Waals surface area contributed by atoms with E-state index in [9.17, 15) is 0 Å². The van der Waals surface area contributed by atoms with E-state index in [1.807, 2.05) is 0 Å². The monoisotopic (exact) mass is 75.0 g/mol. The van der Waals surface area contributed by atoms with E-state index in [0.29, 0.717) is 0 Å². The highest BCUT2D eigenvalue weighted by Gasteiger charge is 2.12. The lowest BCUT2D eigenvalue weighted by molar-refractivity contribution is -0.0936. The molecular formula is C3H6O2. The van der Waals surface area contributed by atoms with Crippen LogP contribution >= 0.6 is 0 Å². The Morgan fingerprint density at radius 1 is 2.00 bits per heavy atom. The Morgan fingerprint density at radius 2 is 2.40 bits per heavy atom. The third-order valence-electron chi connectivity index (χ3n) is 0.537. The second-order valence-corrected chi connectivity index (χ2v) is 1.06. The molecule has 0 spiro atoms. The third kappa shape index (κ3) is 0.412. The van der Waals surface area contributed by atoms with Crippen LogP contribution in [0.4, 0.5) is 0 Å². The lowest BCUT2D eigenvalue weighted by atomic mass is 10.3. The Hall–Kier alpha value is -0.0800. The van der Waals surface area contributed by atoms with Crippen LogP contribution < -0.4 is 0 Å². The minimum Gasteiger partial charge on any atom is -0.388 e. The van der Waals surface area contributed by atoms with Crippen LogP contribution in [-0.4, -0.2) is 24.4 Å². The molecule has 5 heavy (non-hydrogen) atoms. The molecule has 2 nitrogen and oxygen atoms in total. The number of hydrogen-bond donors (Lipinski definition) is 1. The van der Waals surface area contributed by atoms with E-state index in [1.54, 1.807) is 0 Å². The van der Waals surface area contributed by atoms with Crippen molar-refractivity contribution in [3.63, 3.8) is 0 Å². The molecule has 0 unspecified atom stereocenters. The van der Waals surface area contributed by atoms with Gasteiger partial charge in [0, 0.05) is 0 Å². The summed E-state index contributed by atoms with van der Waals surface area (Å²) in [5.41, 5.74) is 0. The fraction of sp³-hybridized carbons (Fsp3) is 1.00. The second kappa shape index (κ2) is 0.954. The van der Waals surface area contributed by atoms with E-state index in [0.717, 1.165) is 0 Å². The molecule has 1 aliphatic rings. The fourth-order valence-corrected chi connectivity index (χ4v) is 0.193. The second-order valence-electron chi connectivity index (χ2n) is 1.06. The van der Waals surface area contributed by atoms with Gasteiger partial charge in [0.2, 0.25) is 0 Å². The summed E-state index contributed by atoms with van der Waals surface area (Å²) in [5.74, 6) is 0. The summed E-state index contributed by atoms with van der Waals surface area (Å²) in [4.78, 5) is 0. The topological polar surface area (TPSA) is 29.5 Å². The minimum absolute atomic E-state index is 0.174. The molecule has 30 valence electrons. The van der Waals surface area contributed by atoms with Gasteiger partial charge in [-0.1, -0.05) is 0 Å². The first kappa shape index (κ1) is 2.16. The number of hydrogen-bond acceptors (Lipinski definition) is 2. The first-order chi connectivity index (χ1) is 2.71. The van der Waals surface area contributed by atoms with Crippen molar-refractivity contribution in [1.29, 1.82) is 0 Å². The first-order valence-corrected chi connectivity index (χ1v) is 1.51. The van der Waals surface area contributed by atoms with Gasteiger partial charge in [-0.3, -0.25) is 0 Å². The Labute approximate surface area is 31.8 Å². The highest BCUT2D eigenvalue weighted by Crippen LogP contribution is 1.96. The normalized spacial score (nSPS) is 35.0. The predicted octanol–water partition coefficient (Wildman–Crippen LogP) is -0.623. The van der Waals surface area contributed by atoms with Gasteiger partial charge in [-0.25, -0.2) is 0 Å². The molecule has 1 aliphatic heterocycles. The largest absolute Gasteiger partial charge is 0.388 e. The van der Waals surface area contributed by atoms with E-state index in [2.05, 4.69) is 4.74 Å². The summed E-state index contributed by atoms with van der Waals surface area (Å²) in [6.07, 6.45) is -1.25. The van der Waals surface area contributed by atoms with Gasteiger partial charge in [0.25, 0.3) is 0 Å². The van der Waals surface area contributed by atoms with Crippen LogP contribution in [0.2, 0.25) is 0 Å². The zero-order valence-corrected chi connectivity index (χ0v) is 2.77. The molecule has 2 heteroatoms. The van der Waals surface area contributed by atoms with Gasteiger partial charge in [-0.05, 0) is 0 Å². The van der Waals surface area contributed by atoms with Crippen molar-refractivity contribution >= 4 is 0 Å². The zero-order chi connectivity index (χ0) is 4.62. The average molecular weight is 75.1 g/mol. The molecule has 0 aromatic carbocycles. The summed E-state index contributed by atoms with van der Waals surface area (Å²) >= 11 is 0. The van der Waals surface area contributed by atoms with Crippen LogP contribution in [0.25, 0.3) is 0 Å². The molecule has 0 atom stereocenters. The molecule has 1 fully saturated rings. The van der Waals surface area contributed by atoms with E-state index >= 15 is 0 Å². The highest BCUT2D eigenvalue weighted by molar-refractivity contribution is 4.59. The molecule has 0 saturated carbocycles. The Morgan fingerprint density at radius 3 is 2.40 bits per heavy atom. The van der Waals surface area contributed by atoms with E-state index in [1.165, 1.54) is 0 Å². The smallest absolute Gasteiger partial charge is 0.101 e. The van der Waals surface area contributed by atoms with Crippen LogP contribution in [0.5, 0.6) is 0 Å². The molecule has 0 aromatic rings. The van der Waals surface area contributed by atoms with Crippen molar-refractivity contribution in [3.05, 3.63) is 0 Å². The van der Waals surface area contributed by atoms with Gasteiger partial charge in [-0.15, -0.1) is 0 Å². The molecule has 0 radical (unpaired) electrons. The summed E-state index contributed by atoms with van der Waals surface area (Å²) in [7, 11) is 0. The highest BCUT2D eigenvalue weighted by atomic mass is 16.5. The number of rotatable bonds is 0. The van der Waals surface area contributed by atoms with Gasteiger partial charge in [-0.2, -0.15) is 0 Å². The predicted molar refractivity (Wildman–Crippen MR) is 16.8 cm³/mol. The number of aliphatic hydroxyl groups is 1. The summed E-state index contributed by atoms with van der Waals surface area (Å²) in [5, 5.41) is 8.45. The maximum Gasteiger partial charge on any atom is 0.101 e. The maximum atomic E-state index is 8.45. The van der Waals surface area contributed by atoms with Gasteiger partial charge < -0.3 is 9.84 Å². The van der Waals surface area contributed by atoms with Crippen LogP contribution in [0.15, 0.2) is 0 Å². The maximum absolute atomic E-state index is 8.45. The lowest BCUT2D eigenvalue weighted by Gasteiger charge is -2.18. The zero-order valence-electron chi connectivity index (χ0n) is 3.77. The lowest BCUT2D eigenvalue weighted by Crippen LogP contribution is -2.32. The van der Waals surface area contributed by atoms with Gasteiger partial charge in [0.15, 0.2) is 0 Å². The van der Waals surface area contributed by atoms with Crippen LogP contribution in [-0.2, 0) is 4.74 Å². The van der Waals surface area contributed by atoms with Crippen LogP contribution in [0.1, 0.15) is 1.37 Å². The molecule has 0 bridgehead atoms. The van der Waals surface area contributed by atoms with Crippen molar-refractivity contribution < 1.29 is 11.2 Å². The minimum atomic E-state index is -1.25. The van der Waals surface area contributed by atoms with Crippen molar-refractivity contribution in [2.45, 2.75) is 6.08 Å². The molecule has 1 rings (SSSR count). The van der Waals surface area contributed by atoms with Crippen molar-refractivity contribution in [2.75, 3.05) is 13.2 Å². The summed E-state index contributed by atoms with van der Waals surface area (Å²) < 4.78 is 11.2. The van der Waals surface area contributed by atoms with Crippen molar-refractivity contribution in [1.82, 2.24) is 0 Å². The van der Waals surface area contributed by atoms with Gasteiger partial charge in [0.05, 0.1) is 14.6 Å². The molecule has 0 aromatic heterocycles. The fourth-order valence-electron chi connectivity index (χ4n) is 0.193. The van der Waals surface area contributed by atoms with Crippen molar-refractivity contribution in [3.8, 4) is 0 Å². The van der Waals surface area contributed by atoms with E-state index < -0.39 is 6.08 Å². The standard InChI is InChI=1S/C3H6O2/c4-3-1-5-2-3/h3-4H,1-2H2/i3D. The van der Waals surface area contributed by atoms with Crippen LogP contribution in [0, 0.1) is 0 Å².